The summed E-state index contributed by atoms with van der Waals surface area (Å²) >= 11 is 1.51. The van der Waals surface area contributed by atoms with E-state index < -0.39 is 17.9 Å². The summed E-state index contributed by atoms with van der Waals surface area (Å²) in [7, 11) is 0. The summed E-state index contributed by atoms with van der Waals surface area (Å²) in [5, 5.41) is 13.4. The number of carbonyl (C=O) groups excluding carboxylic acids is 2. The number of carboxylic acid groups (broad SMARTS) is 1. The zero-order valence-corrected chi connectivity index (χ0v) is 15.9. The fourth-order valence-corrected chi connectivity index (χ4v) is 4.27. The average molecular weight is 386 g/mol. The van der Waals surface area contributed by atoms with Gasteiger partial charge in [-0.1, -0.05) is 23.8 Å². The number of piperidine rings is 1. The van der Waals surface area contributed by atoms with Crippen molar-refractivity contribution < 1.29 is 19.5 Å². The van der Waals surface area contributed by atoms with Gasteiger partial charge in [0.15, 0.2) is 0 Å². The first-order chi connectivity index (χ1) is 13.0. The number of aliphatic carboxylic acids is 1. The van der Waals surface area contributed by atoms with E-state index in [2.05, 4.69) is 5.32 Å². The van der Waals surface area contributed by atoms with E-state index in [9.17, 15) is 14.4 Å². The molecular weight excluding hydrogens is 364 g/mol. The lowest BCUT2D eigenvalue weighted by atomic mass is 9.86. The van der Waals surface area contributed by atoms with Crippen molar-refractivity contribution in [1.29, 1.82) is 0 Å². The van der Waals surface area contributed by atoms with Crippen molar-refractivity contribution in [1.82, 2.24) is 5.32 Å². The Kier molecular flexibility index (Phi) is 5.91. The van der Waals surface area contributed by atoms with E-state index in [1.807, 2.05) is 48.7 Å². The predicted molar refractivity (Wildman–Crippen MR) is 104 cm³/mol. The molecule has 1 aromatic carbocycles. The van der Waals surface area contributed by atoms with Gasteiger partial charge in [-0.2, -0.15) is 0 Å². The molecule has 1 saturated heterocycles. The van der Waals surface area contributed by atoms with Crippen molar-refractivity contribution in [3.8, 4) is 0 Å². The number of hydrogen-bond acceptors (Lipinski definition) is 4. The number of benzene rings is 1. The third-order valence-electron chi connectivity index (χ3n) is 4.72. The van der Waals surface area contributed by atoms with Crippen molar-refractivity contribution in [2.75, 3.05) is 11.4 Å². The quantitative estimate of drug-likeness (QED) is 0.799. The first kappa shape index (κ1) is 19.1. The van der Waals surface area contributed by atoms with Crippen LogP contribution < -0.4 is 10.2 Å². The third kappa shape index (κ3) is 4.36. The molecule has 2 atom stereocenters. The first-order valence-electron chi connectivity index (χ1n) is 8.89. The van der Waals surface area contributed by atoms with Crippen molar-refractivity contribution >= 4 is 34.8 Å². The van der Waals surface area contributed by atoms with Gasteiger partial charge in [0.2, 0.25) is 11.8 Å². The Balaban J connectivity index is 1.91. The monoisotopic (exact) mass is 386 g/mol. The van der Waals surface area contributed by atoms with Crippen molar-refractivity contribution in [2.24, 2.45) is 5.92 Å². The Labute approximate surface area is 161 Å². The molecule has 0 aliphatic carbocycles. The van der Waals surface area contributed by atoms with Crippen LogP contribution in [-0.4, -0.2) is 29.4 Å². The van der Waals surface area contributed by atoms with Crippen LogP contribution in [0.3, 0.4) is 0 Å². The van der Waals surface area contributed by atoms with Crippen LogP contribution in [0.15, 0.2) is 41.8 Å². The molecule has 2 aromatic rings. The zero-order valence-electron chi connectivity index (χ0n) is 15.1. The van der Waals surface area contributed by atoms with Gasteiger partial charge in [-0.15, -0.1) is 11.3 Å². The molecule has 7 heteroatoms. The number of carboxylic acids is 1. The van der Waals surface area contributed by atoms with Crippen LogP contribution in [-0.2, 0) is 14.4 Å². The summed E-state index contributed by atoms with van der Waals surface area (Å²) in [4.78, 5) is 38.9. The van der Waals surface area contributed by atoms with E-state index in [0.29, 0.717) is 6.42 Å². The third-order valence-corrected chi connectivity index (χ3v) is 5.66. The highest BCUT2D eigenvalue weighted by Crippen LogP contribution is 2.41. The van der Waals surface area contributed by atoms with Gasteiger partial charge < -0.3 is 15.3 Å². The predicted octanol–water partition coefficient (Wildman–Crippen LogP) is 3.13. The minimum absolute atomic E-state index is 0.00756. The summed E-state index contributed by atoms with van der Waals surface area (Å²) in [6, 6.07) is 11.2. The van der Waals surface area contributed by atoms with Crippen LogP contribution in [0.25, 0.3) is 0 Å². The Morgan fingerprint density at radius 1 is 1.26 bits per heavy atom. The molecule has 6 nitrogen and oxygen atoms in total. The molecule has 1 aliphatic rings. The molecule has 3 rings (SSSR count). The lowest BCUT2D eigenvalue weighted by molar-refractivity contribution is -0.137. The second-order valence-electron chi connectivity index (χ2n) is 6.64. The van der Waals surface area contributed by atoms with Gasteiger partial charge in [0.1, 0.15) is 0 Å². The lowest BCUT2D eigenvalue weighted by Gasteiger charge is -2.40. The number of nitrogens with zero attached hydrogens (tertiary/aromatic N) is 1. The standard InChI is InChI=1S/C20H22N2O4S/c1-13-4-6-14(7-5-13)22-17(23)9-8-15(19(22)16-3-2-12-27-16)20(26)21-11-10-18(24)25/h2-7,12,15,19H,8-11H2,1H3,(H,21,26)(H,24,25). The number of aryl methyl sites for hydroxylation is 1. The largest absolute Gasteiger partial charge is 0.481 e. The summed E-state index contributed by atoms with van der Waals surface area (Å²) in [5.41, 5.74) is 1.87. The second kappa shape index (κ2) is 8.35. The minimum Gasteiger partial charge on any atom is -0.481 e. The summed E-state index contributed by atoms with van der Waals surface area (Å²) in [5.74, 6) is -1.59. The number of rotatable bonds is 6. The molecule has 0 bridgehead atoms. The Morgan fingerprint density at radius 3 is 2.63 bits per heavy atom. The van der Waals surface area contributed by atoms with Crippen LogP contribution in [0.4, 0.5) is 5.69 Å². The van der Waals surface area contributed by atoms with E-state index in [4.69, 9.17) is 5.11 Å². The molecule has 1 fully saturated rings. The molecule has 2 N–H and O–H groups in total. The second-order valence-corrected chi connectivity index (χ2v) is 7.62. The fraction of sp³-hybridized carbons (Fsp3) is 0.350. The van der Waals surface area contributed by atoms with Gasteiger partial charge in [0.25, 0.3) is 0 Å². The molecule has 142 valence electrons. The smallest absolute Gasteiger partial charge is 0.305 e. The Morgan fingerprint density at radius 2 is 2.00 bits per heavy atom. The SMILES string of the molecule is Cc1ccc(N2C(=O)CCC(C(=O)NCCC(=O)O)C2c2cccs2)cc1. The van der Waals surface area contributed by atoms with Gasteiger partial charge >= 0.3 is 5.97 Å². The highest BCUT2D eigenvalue weighted by atomic mass is 32.1. The maximum Gasteiger partial charge on any atom is 0.305 e. The van der Waals surface area contributed by atoms with Gasteiger partial charge in [-0.25, -0.2) is 0 Å². The molecule has 1 aromatic heterocycles. The Bertz CT molecular complexity index is 817. The van der Waals surface area contributed by atoms with Crippen LogP contribution in [0, 0.1) is 12.8 Å². The molecule has 2 amide bonds. The van der Waals surface area contributed by atoms with E-state index >= 15 is 0 Å². The molecular formula is C20H22N2O4S. The maximum absolute atomic E-state index is 12.8. The van der Waals surface area contributed by atoms with Gasteiger partial charge in [0, 0.05) is 23.5 Å². The average Bonchev–Trinajstić information content (AvgIpc) is 3.16. The molecule has 2 heterocycles. The van der Waals surface area contributed by atoms with Crippen molar-refractivity contribution in [3.63, 3.8) is 0 Å². The van der Waals surface area contributed by atoms with E-state index in [-0.39, 0.29) is 31.2 Å². The number of hydrogen-bond donors (Lipinski definition) is 2. The zero-order chi connectivity index (χ0) is 19.4. The van der Waals surface area contributed by atoms with Crippen molar-refractivity contribution in [3.05, 3.63) is 52.2 Å². The molecule has 0 saturated carbocycles. The number of anilines is 1. The van der Waals surface area contributed by atoms with Gasteiger partial charge in [-0.05, 0) is 36.9 Å². The van der Waals surface area contributed by atoms with E-state index in [0.717, 1.165) is 16.1 Å². The minimum atomic E-state index is -0.954. The summed E-state index contributed by atoms with van der Waals surface area (Å²) in [6.45, 7) is 2.07. The van der Waals surface area contributed by atoms with Gasteiger partial charge in [-0.3, -0.25) is 14.4 Å². The van der Waals surface area contributed by atoms with Crippen LogP contribution in [0.1, 0.15) is 35.7 Å². The van der Waals surface area contributed by atoms with Crippen LogP contribution in [0.2, 0.25) is 0 Å². The van der Waals surface area contributed by atoms with E-state index in [1.54, 1.807) is 4.90 Å². The number of carbonyl (C=O) groups is 3. The fourth-order valence-electron chi connectivity index (χ4n) is 3.39. The maximum atomic E-state index is 12.8. The summed E-state index contributed by atoms with van der Waals surface area (Å²) < 4.78 is 0. The molecule has 2 unspecified atom stereocenters. The van der Waals surface area contributed by atoms with Crippen LogP contribution >= 0.6 is 11.3 Å². The Hall–Kier alpha value is -2.67. The highest BCUT2D eigenvalue weighted by molar-refractivity contribution is 7.10. The number of amides is 2. The topological polar surface area (TPSA) is 86.7 Å². The lowest BCUT2D eigenvalue weighted by Crippen LogP contribution is -2.48. The van der Waals surface area contributed by atoms with Crippen LogP contribution in [0.5, 0.6) is 0 Å². The van der Waals surface area contributed by atoms with Crippen molar-refractivity contribution in [2.45, 2.75) is 32.2 Å². The number of nitrogens with one attached hydrogen (secondary N) is 1. The highest BCUT2D eigenvalue weighted by Gasteiger charge is 2.41. The number of thiophene rings is 1. The first-order valence-corrected chi connectivity index (χ1v) is 9.77. The molecule has 1 aliphatic heterocycles. The normalized spacial score (nSPS) is 19.7. The van der Waals surface area contributed by atoms with E-state index in [1.165, 1.54) is 11.3 Å². The van der Waals surface area contributed by atoms with Gasteiger partial charge in [0.05, 0.1) is 18.4 Å². The molecule has 0 radical (unpaired) electrons. The molecule has 0 spiro atoms. The molecule has 27 heavy (non-hydrogen) atoms. The summed E-state index contributed by atoms with van der Waals surface area (Å²) in [6.07, 6.45) is 0.609.